The Morgan fingerprint density at radius 2 is 1.04 bits per heavy atom. The van der Waals surface area contributed by atoms with Crippen LogP contribution in [0.4, 0.5) is 17.1 Å². The highest BCUT2D eigenvalue weighted by atomic mass is 32.2. The zero-order valence-electron chi connectivity index (χ0n) is 28.6. The minimum atomic E-state index is -2.80. The van der Waals surface area contributed by atoms with Gasteiger partial charge in [0, 0.05) is 47.0 Å². The summed E-state index contributed by atoms with van der Waals surface area (Å²) in [6.45, 7) is 0. The summed E-state index contributed by atoms with van der Waals surface area (Å²) in [6.07, 6.45) is 0. The summed E-state index contributed by atoms with van der Waals surface area (Å²) in [5.74, 6) is 1.92. The molecule has 11 rings (SSSR count). The van der Waals surface area contributed by atoms with Gasteiger partial charge in [0.25, 0.3) is 0 Å². The number of rotatable bonds is 4. The molecule has 53 heavy (non-hydrogen) atoms. The highest BCUT2D eigenvalue weighted by Gasteiger charge is 2.52. The van der Waals surface area contributed by atoms with E-state index in [1.54, 1.807) is 0 Å². The lowest BCUT2D eigenvalue weighted by atomic mass is 10.0. The zero-order valence-corrected chi connectivity index (χ0v) is 31.2. The summed E-state index contributed by atoms with van der Waals surface area (Å²) < 4.78 is 9.32. The number of benzene rings is 8. The van der Waals surface area contributed by atoms with E-state index in [9.17, 15) is 0 Å². The summed E-state index contributed by atoms with van der Waals surface area (Å²) in [4.78, 5) is 5.05. The van der Waals surface area contributed by atoms with Crippen molar-refractivity contribution in [1.29, 1.82) is 0 Å². The van der Waals surface area contributed by atoms with E-state index in [1.165, 1.54) is 61.8 Å². The molecule has 2 aliphatic heterocycles. The lowest BCUT2D eigenvalue weighted by Crippen LogP contribution is -2.77. The fourth-order valence-electron chi connectivity index (χ4n) is 8.53. The van der Waals surface area contributed by atoms with Crippen molar-refractivity contribution in [2.75, 3.05) is 4.90 Å². The van der Waals surface area contributed by atoms with E-state index >= 15 is 0 Å². The van der Waals surface area contributed by atoms with Gasteiger partial charge in [-0.1, -0.05) is 133 Å². The number of anilines is 3. The van der Waals surface area contributed by atoms with Gasteiger partial charge in [0.15, 0.2) is 8.07 Å². The first-order valence-electron chi connectivity index (χ1n) is 17.9. The molecule has 0 atom stereocenters. The minimum Gasteiger partial charge on any atom is -0.458 e. The molecule has 9 aromatic rings. The van der Waals surface area contributed by atoms with E-state index in [0.29, 0.717) is 0 Å². The molecular formula is C48H31NOS2Si. The molecule has 1 aromatic heterocycles. The first-order chi connectivity index (χ1) is 26.3. The molecule has 0 bridgehead atoms. The smallest absolute Gasteiger partial charge is 0.190 e. The first kappa shape index (κ1) is 30.7. The van der Waals surface area contributed by atoms with Crippen LogP contribution >= 0.6 is 23.1 Å². The van der Waals surface area contributed by atoms with Crippen LogP contribution in [-0.2, 0) is 0 Å². The predicted octanol–water partition coefficient (Wildman–Crippen LogP) is 11.1. The van der Waals surface area contributed by atoms with Crippen LogP contribution < -0.4 is 30.4 Å². The predicted molar refractivity (Wildman–Crippen MR) is 227 cm³/mol. The van der Waals surface area contributed by atoms with Crippen LogP contribution in [-0.4, -0.2) is 8.07 Å². The minimum absolute atomic E-state index is 0.958. The van der Waals surface area contributed by atoms with Crippen LogP contribution in [0.15, 0.2) is 198 Å². The molecule has 0 saturated carbocycles. The zero-order chi connectivity index (χ0) is 34.9. The number of fused-ring (bicyclic) bond motifs is 11. The van der Waals surface area contributed by atoms with Gasteiger partial charge in [-0.25, -0.2) is 0 Å². The van der Waals surface area contributed by atoms with Crippen molar-refractivity contribution in [2.24, 2.45) is 0 Å². The number of ether oxygens (including phenoxy) is 1. The Morgan fingerprint density at radius 3 is 1.83 bits per heavy atom. The quantitative estimate of drug-likeness (QED) is 0.167. The number of hydrogen-bond donors (Lipinski definition) is 0. The number of para-hydroxylation sites is 3. The van der Waals surface area contributed by atoms with Gasteiger partial charge in [0.1, 0.15) is 11.5 Å². The maximum atomic E-state index is 6.66. The SMILES string of the molecule is c1ccc(N(c2ccc(-c3cccc4c3sc3ccccc34)cc2)c2ccc3c(c2)[Si]2(c4ccccc4Oc4ccccc42)c2ccccc2S3)cc1. The molecule has 2 nitrogen and oxygen atoms in total. The summed E-state index contributed by atoms with van der Waals surface area (Å²) in [6, 6.07) is 69.0. The highest BCUT2D eigenvalue weighted by molar-refractivity contribution is 8.00. The van der Waals surface area contributed by atoms with Gasteiger partial charge < -0.3 is 9.64 Å². The third-order valence-electron chi connectivity index (χ3n) is 10.8. The molecule has 1 spiro atoms. The fraction of sp³-hybridized carbons (Fsp3) is 0. The Hall–Kier alpha value is -5.85. The van der Waals surface area contributed by atoms with E-state index in [-0.39, 0.29) is 0 Å². The molecule has 0 unspecified atom stereocenters. The van der Waals surface area contributed by atoms with Crippen LogP contribution in [0.1, 0.15) is 0 Å². The Labute approximate surface area is 317 Å². The van der Waals surface area contributed by atoms with Gasteiger partial charge >= 0.3 is 0 Å². The van der Waals surface area contributed by atoms with Crippen molar-refractivity contribution >= 4 is 89.2 Å². The van der Waals surface area contributed by atoms with E-state index < -0.39 is 8.07 Å². The Bertz CT molecular complexity index is 2760. The summed E-state index contributed by atoms with van der Waals surface area (Å²) in [5, 5.41) is 8.07. The van der Waals surface area contributed by atoms with E-state index in [0.717, 1.165) is 28.6 Å². The van der Waals surface area contributed by atoms with Crippen molar-refractivity contribution < 1.29 is 4.74 Å². The van der Waals surface area contributed by atoms with Crippen molar-refractivity contribution in [3.8, 4) is 22.6 Å². The van der Waals surface area contributed by atoms with Crippen LogP contribution in [0.5, 0.6) is 11.5 Å². The largest absolute Gasteiger partial charge is 0.458 e. The highest BCUT2D eigenvalue weighted by Crippen LogP contribution is 2.43. The van der Waals surface area contributed by atoms with E-state index in [1.807, 2.05) is 23.1 Å². The Kier molecular flexibility index (Phi) is 7.02. The molecule has 0 fully saturated rings. The second-order valence-electron chi connectivity index (χ2n) is 13.6. The lowest BCUT2D eigenvalue weighted by molar-refractivity contribution is 0.487. The van der Waals surface area contributed by atoms with Crippen molar-refractivity contribution in [1.82, 2.24) is 0 Å². The average Bonchev–Trinajstić information content (AvgIpc) is 3.61. The van der Waals surface area contributed by atoms with Gasteiger partial charge in [-0.15, -0.1) is 11.3 Å². The fourth-order valence-corrected chi connectivity index (χ4v) is 16.9. The maximum Gasteiger partial charge on any atom is 0.190 e. The third-order valence-corrected chi connectivity index (χ3v) is 18.4. The van der Waals surface area contributed by atoms with Gasteiger partial charge in [0.05, 0.1) is 0 Å². The van der Waals surface area contributed by atoms with Crippen LogP contribution in [0.3, 0.4) is 0 Å². The van der Waals surface area contributed by atoms with Crippen LogP contribution in [0.2, 0.25) is 0 Å². The monoisotopic (exact) mass is 729 g/mol. The molecule has 250 valence electrons. The van der Waals surface area contributed by atoms with Gasteiger partial charge in [-0.2, -0.15) is 0 Å². The van der Waals surface area contributed by atoms with Crippen molar-refractivity contribution in [3.05, 3.63) is 188 Å². The molecule has 0 aliphatic carbocycles. The van der Waals surface area contributed by atoms with Crippen molar-refractivity contribution in [3.63, 3.8) is 0 Å². The standard InChI is InChI=1S/C48H31NOS2Si/c1-2-13-33(14-3-1)49(34-27-25-32(26-28-34)36-16-12-17-38-37-15-4-7-20-41(37)52-48(36)38)35-29-30-43-47(31-35)53(46-24-11-8-21-42(46)51-43)44-22-9-5-18-39(44)50-40-19-6-10-23-45(40)53/h1-31H. The Morgan fingerprint density at radius 1 is 0.434 bits per heavy atom. The summed E-state index contributed by atoms with van der Waals surface area (Å²) in [7, 11) is -2.80. The van der Waals surface area contributed by atoms with Crippen LogP contribution in [0.25, 0.3) is 31.3 Å². The molecule has 0 amide bonds. The topological polar surface area (TPSA) is 12.5 Å². The number of nitrogens with zero attached hydrogens (tertiary/aromatic N) is 1. The summed E-state index contributed by atoms with van der Waals surface area (Å²) >= 11 is 3.77. The molecular weight excluding hydrogens is 699 g/mol. The summed E-state index contributed by atoms with van der Waals surface area (Å²) in [5.41, 5.74) is 5.88. The molecule has 0 N–H and O–H groups in total. The lowest BCUT2D eigenvalue weighted by Gasteiger charge is -2.43. The van der Waals surface area contributed by atoms with Crippen LogP contribution in [0, 0.1) is 0 Å². The first-order valence-corrected chi connectivity index (χ1v) is 21.6. The third kappa shape index (κ3) is 4.65. The molecule has 8 aromatic carbocycles. The van der Waals surface area contributed by atoms with Gasteiger partial charge in [-0.3, -0.25) is 0 Å². The normalized spacial score (nSPS) is 13.5. The second kappa shape index (κ2) is 12.1. The Balaban J connectivity index is 1.11. The molecule has 2 aliphatic rings. The molecule has 3 heterocycles. The number of thiophene rings is 1. The van der Waals surface area contributed by atoms with Gasteiger partial charge in [-0.05, 0) is 98.6 Å². The van der Waals surface area contributed by atoms with Crippen molar-refractivity contribution in [2.45, 2.75) is 9.79 Å². The molecule has 0 radical (unpaired) electrons. The van der Waals surface area contributed by atoms with Gasteiger partial charge in [0.2, 0.25) is 0 Å². The maximum absolute atomic E-state index is 6.66. The van der Waals surface area contributed by atoms with E-state index in [4.69, 9.17) is 4.74 Å². The average molecular weight is 730 g/mol. The molecule has 5 heteroatoms. The molecule has 0 saturated heterocycles. The number of hydrogen-bond acceptors (Lipinski definition) is 4. The second-order valence-corrected chi connectivity index (χ2v) is 19.4. The van der Waals surface area contributed by atoms with E-state index in [2.05, 4.69) is 193 Å².